The Balaban J connectivity index is 1.94. The van der Waals surface area contributed by atoms with Gasteiger partial charge in [-0.05, 0) is 48.9 Å². The van der Waals surface area contributed by atoms with E-state index >= 15 is 0 Å². The van der Waals surface area contributed by atoms with Crippen molar-refractivity contribution in [1.82, 2.24) is 14.8 Å². The fraction of sp³-hybridized carbons (Fsp3) is 0.222. The highest BCUT2D eigenvalue weighted by Gasteiger charge is 2.23. The number of hydrogen-bond acceptors (Lipinski definition) is 6. The quantitative estimate of drug-likeness (QED) is 0.331. The lowest BCUT2D eigenvalue weighted by atomic mass is 10.1. The number of methoxy groups -OCH3 is 1. The van der Waals surface area contributed by atoms with Crippen molar-refractivity contribution in [3.8, 4) is 11.4 Å². The molecule has 1 heterocycles. The summed E-state index contributed by atoms with van der Waals surface area (Å²) in [6, 6.07) is 14.5. The molecule has 0 radical (unpaired) electrons. The number of halogens is 1. The van der Waals surface area contributed by atoms with Crippen molar-refractivity contribution in [2.75, 3.05) is 13.7 Å². The minimum Gasteiger partial charge on any atom is -0.497 e. The summed E-state index contributed by atoms with van der Waals surface area (Å²) in [6.07, 6.45) is 0. The lowest BCUT2D eigenvalue weighted by Crippen LogP contribution is -2.11. The SMILES string of the molecule is COc1ccc(-n2c(C)nnc2S[C@H](C[N+](=O)[O-])c2ccc(Cl)cc2)cc1. The van der Waals surface area contributed by atoms with Gasteiger partial charge in [-0.3, -0.25) is 14.7 Å². The van der Waals surface area contributed by atoms with E-state index in [1.807, 2.05) is 35.8 Å². The van der Waals surface area contributed by atoms with Gasteiger partial charge in [-0.1, -0.05) is 35.5 Å². The van der Waals surface area contributed by atoms with Crippen LogP contribution in [0.15, 0.2) is 53.7 Å². The molecule has 0 unspecified atom stereocenters. The highest BCUT2D eigenvalue weighted by atomic mass is 35.5. The van der Waals surface area contributed by atoms with E-state index < -0.39 is 5.25 Å². The molecule has 0 saturated carbocycles. The summed E-state index contributed by atoms with van der Waals surface area (Å²) in [5.74, 6) is 1.43. The van der Waals surface area contributed by atoms with E-state index in [1.165, 1.54) is 11.8 Å². The standard InChI is InChI=1S/C18H17ClN4O3S/c1-12-20-21-18(23(12)15-7-9-16(26-2)10-8-15)27-17(11-22(24)25)13-3-5-14(19)6-4-13/h3-10,17H,11H2,1-2H3/t17-/m1/s1. The van der Waals surface area contributed by atoms with Gasteiger partial charge in [0.15, 0.2) is 5.16 Å². The molecule has 3 aromatic rings. The van der Waals surface area contributed by atoms with Crippen LogP contribution in [0.25, 0.3) is 5.69 Å². The smallest absolute Gasteiger partial charge is 0.220 e. The number of aromatic nitrogens is 3. The Morgan fingerprint density at radius 2 is 1.85 bits per heavy atom. The molecule has 0 spiro atoms. The summed E-state index contributed by atoms with van der Waals surface area (Å²) in [5, 5.41) is 20.3. The summed E-state index contributed by atoms with van der Waals surface area (Å²) >= 11 is 7.24. The number of nitro groups is 1. The van der Waals surface area contributed by atoms with Crippen LogP contribution >= 0.6 is 23.4 Å². The molecule has 0 aliphatic carbocycles. The van der Waals surface area contributed by atoms with Gasteiger partial charge in [0.25, 0.3) is 0 Å². The predicted molar refractivity (Wildman–Crippen MR) is 105 cm³/mol. The first kappa shape index (κ1) is 19.2. The highest BCUT2D eigenvalue weighted by Crippen LogP contribution is 2.36. The van der Waals surface area contributed by atoms with Crippen molar-refractivity contribution >= 4 is 23.4 Å². The van der Waals surface area contributed by atoms with E-state index in [-0.39, 0.29) is 11.5 Å². The van der Waals surface area contributed by atoms with Gasteiger partial charge >= 0.3 is 0 Å². The highest BCUT2D eigenvalue weighted by molar-refractivity contribution is 7.99. The lowest BCUT2D eigenvalue weighted by molar-refractivity contribution is -0.479. The third-order valence-corrected chi connectivity index (χ3v) is 5.36. The zero-order valence-electron chi connectivity index (χ0n) is 14.7. The molecule has 27 heavy (non-hydrogen) atoms. The van der Waals surface area contributed by atoms with Crippen LogP contribution in [0.4, 0.5) is 0 Å². The Hall–Kier alpha value is -2.58. The zero-order chi connectivity index (χ0) is 19.4. The van der Waals surface area contributed by atoms with Crippen molar-refractivity contribution in [2.45, 2.75) is 17.3 Å². The number of nitrogens with zero attached hydrogens (tertiary/aromatic N) is 4. The molecule has 1 aromatic heterocycles. The van der Waals surface area contributed by atoms with Crippen LogP contribution in [-0.4, -0.2) is 33.3 Å². The molecule has 2 aromatic carbocycles. The van der Waals surface area contributed by atoms with Gasteiger partial charge in [0.1, 0.15) is 16.8 Å². The molecule has 7 nitrogen and oxygen atoms in total. The fourth-order valence-electron chi connectivity index (χ4n) is 2.60. The molecule has 0 aliphatic heterocycles. The zero-order valence-corrected chi connectivity index (χ0v) is 16.3. The molecule has 140 valence electrons. The van der Waals surface area contributed by atoms with Crippen LogP contribution in [0.5, 0.6) is 5.75 Å². The molecule has 0 aliphatic rings. The summed E-state index contributed by atoms with van der Waals surface area (Å²) in [6.45, 7) is 1.60. The Morgan fingerprint density at radius 1 is 1.19 bits per heavy atom. The van der Waals surface area contributed by atoms with Crippen molar-refractivity contribution in [3.05, 3.63) is 75.1 Å². The predicted octanol–water partition coefficient (Wildman–Crippen LogP) is 4.35. The van der Waals surface area contributed by atoms with Gasteiger partial charge in [0, 0.05) is 15.6 Å². The molecular formula is C18H17ClN4O3S. The minimum absolute atomic E-state index is 0.235. The number of aryl methyl sites for hydroxylation is 1. The average Bonchev–Trinajstić information content (AvgIpc) is 3.02. The van der Waals surface area contributed by atoms with Crippen LogP contribution in [0.3, 0.4) is 0 Å². The van der Waals surface area contributed by atoms with Crippen LogP contribution in [0.1, 0.15) is 16.6 Å². The number of benzene rings is 2. The van der Waals surface area contributed by atoms with Gasteiger partial charge in [-0.2, -0.15) is 0 Å². The molecule has 0 amide bonds. The van der Waals surface area contributed by atoms with Crippen LogP contribution in [0, 0.1) is 17.0 Å². The van der Waals surface area contributed by atoms with E-state index in [4.69, 9.17) is 16.3 Å². The maximum atomic E-state index is 11.2. The fourth-order valence-corrected chi connectivity index (χ4v) is 3.90. The van der Waals surface area contributed by atoms with Gasteiger partial charge in [0.2, 0.25) is 6.54 Å². The van der Waals surface area contributed by atoms with Crippen molar-refractivity contribution in [3.63, 3.8) is 0 Å². The van der Waals surface area contributed by atoms with Gasteiger partial charge < -0.3 is 4.74 Å². The number of hydrogen-bond donors (Lipinski definition) is 0. The average molecular weight is 405 g/mol. The van der Waals surface area contributed by atoms with E-state index in [9.17, 15) is 10.1 Å². The largest absolute Gasteiger partial charge is 0.497 e. The second-order valence-electron chi connectivity index (χ2n) is 5.74. The van der Waals surface area contributed by atoms with Gasteiger partial charge in [0.05, 0.1) is 7.11 Å². The minimum atomic E-state index is -0.419. The lowest BCUT2D eigenvalue weighted by Gasteiger charge is -2.14. The second kappa shape index (κ2) is 8.41. The Labute approximate surface area is 165 Å². The Bertz CT molecular complexity index is 929. The molecule has 1 atom stereocenters. The summed E-state index contributed by atoms with van der Waals surface area (Å²) in [5.41, 5.74) is 1.67. The molecule has 0 fully saturated rings. The van der Waals surface area contributed by atoms with E-state index in [1.54, 1.807) is 31.4 Å². The van der Waals surface area contributed by atoms with Gasteiger partial charge in [-0.25, -0.2) is 0 Å². The van der Waals surface area contributed by atoms with Gasteiger partial charge in [-0.15, -0.1) is 10.2 Å². The maximum absolute atomic E-state index is 11.2. The molecular weight excluding hydrogens is 388 g/mol. The van der Waals surface area contributed by atoms with Crippen LogP contribution in [0.2, 0.25) is 5.02 Å². The maximum Gasteiger partial charge on any atom is 0.220 e. The Morgan fingerprint density at radius 3 is 2.44 bits per heavy atom. The third kappa shape index (κ3) is 4.58. The van der Waals surface area contributed by atoms with Crippen LogP contribution < -0.4 is 4.74 Å². The van der Waals surface area contributed by atoms with Crippen molar-refractivity contribution in [1.29, 1.82) is 0 Å². The molecule has 9 heteroatoms. The number of rotatable bonds is 7. The molecule has 0 saturated heterocycles. The first-order chi connectivity index (χ1) is 13.0. The van der Waals surface area contributed by atoms with Crippen LogP contribution in [-0.2, 0) is 0 Å². The molecule has 0 N–H and O–H groups in total. The summed E-state index contributed by atoms with van der Waals surface area (Å²) in [7, 11) is 1.61. The van der Waals surface area contributed by atoms with Crippen molar-refractivity contribution < 1.29 is 9.66 Å². The number of ether oxygens (including phenoxy) is 1. The first-order valence-corrected chi connectivity index (χ1v) is 9.34. The van der Waals surface area contributed by atoms with E-state index in [0.717, 1.165) is 17.0 Å². The monoisotopic (exact) mass is 404 g/mol. The van der Waals surface area contributed by atoms with E-state index in [2.05, 4.69) is 10.2 Å². The first-order valence-electron chi connectivity index (χ1n) is 8.08. The number of thioether (sulfide) groups is 1. The normalized spacial score (nSPS) is 12.0. The molecule has 0 bridgehead atoms. The Kier molecular flexibility index (Phi) is 5.98. The second-order valence-corrected chi connectivity index (χ2v) is 7.34. The summed E-state index contributed by atoms with van der Waals surface area (Å²) in [4.78, 5) is 10.9. The van der Waals surface area contributed by atoms with Crippen molar-refractivity contribution in [2.24, 2.45) is 0 Å². The summed E-state index contributed by atoms with van der Waals surface area (Å²) < 4.78 is 7.06. The topological polar surface area (TPSA) is 83.1 Å². The van der Waals surface area contributed by atoms with E-state index in [0.29, 0.717) is 16.0 Å². The molecule has 3 rings (SSSR count). The third-order valence-electron chi connectivity index (χ3n) is 3.93.